The Morgan fingerprint density at radius 1 is 1.14 bits per heavy atom. The zero-order valence-electron chi connectivity index (χ0n) is 21.2. The van der Waals surface area contributed by atoms with Gasteiger partial charge < -0.3 is 14.8 Å². The molecule has 0 spiro atoms. The number of piperidine rings is 1. The molecule has 0 bridgehead atoms. The van der Waals surface area contributed by atoms with E-state index in [1.807, 2.05) is 31.2 Å². The Labute approximate surface area is 211 Å². The molecule has 1 saturated heterocycles. The first-order valence-corrected chi connectivity index (χ1v) is 13.9. The minimum atomic E-state index is -3.62. The zero-order valence-corrected chi connectivity index (χ0v) is 22.0. The van der Waals surface area contributed by atoms with Crippen molar-refractivity contribution in [2.45, 2.75) is 69.7 Å². The second-order valence-corrected chi connectivity index (χ2v) is 12.7. The molecule has 36 heavy (non-hydrogen) atoms. The summed E-state index contributed by atoms with van der Waals surface area (Å²) in [6.07, 6.45) is 1.93. The maximum absolute atomic E-state index is 13.5. The number of nitrogens with one attached hydrogen (secondary N) is 2. The summed E-state index contributed by atoms with van der Waals surface area (Å²) in [5.74, 6) is 0.658. The van der Waals surface area contributed by atoms with Gasteiger partial charge in [-0.05, 0) is 54.0 Å². The highest BCUT2D eigenvalue weighted by Crippen LogP contribution is 2.33. The number of fused-ring (bicyclic) bond motifs is 1. The summed E-state index contributed by atoms with van der Waals surface area (Å²) in [7, 11) is -3.62. The molecular weight excluding hydrogens is 478 g/mol. The molecule has 1 aromatic carbocycles. The van der Waals surface area contributed by atoms with Crippen molar-refractivity contribution in [2.75, 3.05) is 19.6 Å². The Hall–Kier alpha value is -2.82. The number of aryl methyl sites for hydroxylation is 1. The van der Waals surface area contributed by atoms with E-state index < -0.39 is 10.0 Å². The number of benzene rings is 1. The van der Waals surface area contributed by atoms with Crippen molar-refractivity contribution in [3.8, 4) is 11.4 Å². The van der Waals surface area contributed by atoms with Gasteiger partial charge in [-0.15, -0.1) is 0 Å². The normalized spacial score (nSPS) is 17.8. The minimum Gasteiger partial charge on any atom is -0.339 e. The lowest BCUT2D eigenvalue weighted by atomic mass is 9.87. The fraction of sp³-hybridized carbons (Fsp3) is 0.500. The molecule has 0 aliphatic carbocycles. The van der Waals surface area contributed by atoms with Gasteiger partial charge in [-0.25, -0.2) is 8.42 Å². The van der Waals surface area contributed by atoms with Gasteiger partial charge in [0.25, 0.3) is 5.56 Å². The van der Waals surface area contributed by atoms with Gasteiger partial charge in [0.1, 0.15) is 0 Å². The van der Waals surface area contributed by atoms with Crippen LogP contribution in [0, 0.1) is 6.92 Å². The van der Waals surface area contributed by atoms with E-state index in [4.69, 9.17) is 4.52 Å². The highest BCUT2D eigenvalue weighted by Gasteiger charge is 2.34. The van der Waals surface area contributed by atoms with Crippen molar-refractivity contribution in [3.63, 3.8) is 0 Å². The Kier molecular flexibility index (Phi) is 6.38. The van der Waals surface area contributed by atoms with Crippen LogP contribution in [0.2, 0.25) is 0 Å². The molecule has 2 aromatic heterocycles. The van der Waals surface area contributed by atoms with Gasteiger partial charge in [-0.2, -0.15) is 9.29 Å². The van der Waals surface area contributed by atoms with E-state index in [0.29, 0.717) is 48.8 Å². The molecule has 2 N–H and O–H groups in total. The van der Waals surface area contributed by atoms with Crippen LogP contribution in [-0.2, 0) is 28.4 Å². The summed E-state index contributed by atoms with van der Waals surface area (Å²) in [5.41, 5.74) is 3.75. The molecule has 0 radical (unpaired) electrons. The molecule has 9 nitrogen and oxygen atoms in total. The number of rotatable bonds is 4. The van der Waals surface area contributed by atoms with E-state index in [-0.39, 0.29) is 22.7 Å². The van der Waals surface area contributed by atoms with Crippen LogP contribution >= 0.6 is 0 Å². The van der Waals surface area contributed by atoms with Crippen LogP contribution < -0.4 is 10.9 Å². The van der Waals surface area contributed by atoms with Crippen molar-refractivity contribution in [1.29, 1.82) is 0 Å². The number of nitrogens with zero attached hydrogens (tertiary/aromatic N) is 3. The van der Waals surface area contributed by atoms with Gasteiger partial charge in [-0.3, -0.25) is 4.79 Å². The quantitative estimate of drug-likeness (QED) is 0.551. The van der Waals surface area contributed by atoms with Crippen LogP contribution in [-0.4, -0.2) is 47.5 Å². The number of H-pyrrole nitrogens is 1. The molecule has 0 amide bonds. The summed E-state index contributed by atoms with van der Waals surface area (Å²) < 4.78 is 34.1. The maximum atomic E-state index is 13.5. The Balaban J connectivity index is 1.32. The standard InChI is InChI=1S/C26H33N5O4S/c1-16-5-6-19(26(2,3)4)14-22(16)36(33,34)31-11-8-17(9-12-31)25-29-23(30-35-25)20-13-18-15-27-10-7-21(18)28-24(20)32/h5-6,13-14,17,27H,7-12,15H2,1-4H3,(H,28,32). The lowest BCUT2D eigenvalue weighted by Crippen LogP contribution is -2.38. The Morgan fingerprint density at radius 3 is 2.61 bits per heavy atom. The second-order valence-electron chi connectivity index (χ2n) is 10.8. The second kappa shape index (κ2) is 9.24. The Bertz CT molecular complexity index is 1440. The monoisotopic (exact) mass is 511 g/mol. The summed E-state index contributed by atoms with van der Waals surface area (Å²) in [5, 5.41) is 7.37. The molecule has 0 unspecified atom stereocenters. The average molecular weight is 512 g/mol. The molecule has 1 fully saturated rings. The fourth-order valence-corrected chi connectivity index (χ4v) is 6.65. The van der Waals surface area contributed by atoms with Gasteiger partial charge in [0.15, 0.2) is 0 Å². The molecule has 5 rings (SSSR count). The van der Waals surface area contributed by atoms with Gasteiger partial charge >= 0.3 is 0 Å². The number of aromatic nitrogens is 3. The molecule has 192 valence electrons. The maximum Gasteiger partial charge on any atom is 0.259 e. The average Bonchev–Trinajstić information content (AvgIpc) is 3.33. The van der Waals surface area contributed by atoms with E-state index in [0.717, 1.165) is 35.3 Å². The SMILES string of the molecule is Cc1ccc(C(C)(C)C)cc1S(=O)(=O)N1CCC(c2nc(-c3cc4c([nH]c3=O)CCNC4)no2)CC1. The fourth-order valence-electron chi connectivity index (χ4n) is 4.93. The smallest absolute Gasteiger partial charge is 0.259 e. The van der Waals surface area contributed by atoms with E-state index >= 15 is 0 Å². The predicted octanol–water partition coefficient (Wildman–Crippen LogP) is 3.24. The highest BCUT2D eigenvalue weighted by atomic mass is 32.2. The molecular formula is C26H33N5O4S. The van der Waals surface area contributed by atoms with E-state index in [1.54, 1.807) is 4.31 Å². The van der Waals surface area contributed by atoms with Crippen LogP contribution in [0.5, 0.6) is 0 Å². The zero-order chi connectivity index (χ0) is 25.7. The highest BCUT2D eigenvalue weighted by molar-refractivity contribution is 7.89. The number of sulfonamides is 1. The lowest BCUT2D eigenvalue weighted by molar-refractivity contribution is 0.270. The first kappa shape index (κ1) is 24.9. The lowest BCUT2D eigenvalue weighted by Gasteiger charge is -2.30. The molecule has 10 heteroatoms. The van der Waals surface area contributed by atoms with Crippen LogP contribution in [0.4, 0.5) is 0 Å². The summed E-state index contributed by atoms with van der Waals surface area (Å²) in [6, 6.07) is 7.53. The third-order valence-electron chi connectivity index (χ3n) is 7.24. The Morgan fingerprint density at radius 2 is 1.89 bits per heavy atom. The predicted molar refractivity (Wildman–Crippen MR) is 136 cm³/mol. The van der Waals surface area contributed by atoms with Crippen molar-refractivity contribution in [2.24, 2.45) is 0 Å². The van der Waals surface area contributed by atoms with Crippen molar-refractivity contribution < 1.29 is 12.9 Å². The van der Waals surface area contributed by atoms with Gasteiger partial charge in [-0.1, -0.05) is 38.1 Å². The van der Waals surface area contributed by atoms with Crippen molar-refractivity contribution in [3.05, 3.63) is 62.9 Å². The van der Waals surface area contributed by atoms with Gasteiger partial charge in [0, 0.05) is 44.2 Å². The number of hydrogen-bond acceptors (Lipinski definition) is 7. The summed E-state index contributed by atoms with van der Waals surface area (Å²) in [6.45, 7) is 10.3. The number of pyridine rings is 1. The van der Waals surface area contributed by atoms with Crippen LogP contribution in [0.3, 0.4) is 0 Å². The molecule has 2 aliphatic heterocycles. The molecule has 4 heterocycles. The topological polar surface area (TPSA) is 121 Å². The first-order valence-electron chi connectivity index (χ1n) is 12.4. The molecule has 0 atom stereocenters. The third kappa shape index (κ3) is 4.65. The largest absolute Gasteiger partial charge is 0.339 e. The van der Waals surface area contributed by atoms with Crippen molar-refractivity contribution in [1.82, 2.24) is 24.7 Å². The summed E-state index contributed by atoms with van der Waals surface area (Å²) >= 11 is 0. The van der Waals surface area contributed by atoms with E-state index in [1.165, 1.54) is 0 Å². The van der Waals surface area contributed by atoms with Crippen LogP contribution in [0.15, 0.2) is 38.5 Å². The molecule has 0 saturated carbocycles. The first-order chi connectivity index (χ1) is 17.0. The van der Waals surface area contributed by atoms with E-state index in [2.05, 4.69) is 41.2 Å². The van der Waals surface area contributed by atoms with Crippen molar-refractivity contribution >= 4 is 10.0 Å². The summed E-state index contributed by atoms with van der Waals surface area (Å²) in [4.78, 5) is 20.5. The van der Waals surface area contributed by atoms with E-state index in [9.17, 15) is 13.2 Å². The molecule has 2 aliphatic rings. The van der Waals surface area contributed by atoms with Crippen LogP contribution in [0.1, 0.15) is 67.8 Å². The number of aromatic amines is 1. The van der Waals surface area contributed by atoms with Gasteiger partial charge in [0.2, 0.25) is 21.7 Å². The number of hydrogen-bond donors (Lipinski definition) is 2. The minimum absolute atomic E-state index is 0.0573. The third-order valence-corrected chi connectivity index (χ3v) is 9.28. The van der Waals surface area contributed by atoms with Gasteiger partial charge in [0.05, 0.1) is 10.5 Å². The van der Waals surface area contributed by atoms with Crippen LogP contribution in [0.25, 0.3) is 11.4 Å². The molecule has 3 aromatic rings.